The second kappa shape index (κ2) is 7.02. The van der Waals surface area contributed by atoms with Gasteiger partial charge in [-0.3, -0.25) is 4.79 Å². The molecular weight excluding hydrogens is 286 g/mol. The third-order valence-corrected chi connectivity index (χ3v) is 3.30. The number of halogens is 4. The molecule has 0 aliphatic rings. The lowest BCUT2D eigenvalue weighted by atomic mass is 9.93. The highest BCUT2D eigenvalue weighted by Crippen LogP contribution is 2.32. The molecular formula is C15H19F4NO. The Hall–Kier alpha value is -1.43. The van der Waals surface area contributed by atoms with Crippen LogP contribution in [0.1, 0.15) is 49.0 Å². The van der Waals surface area contributed by atoms with Gasteiger partial charge in [0.2, 0.25) is 0 Å². The molecule has 0 amide bonds. The number of benzene rings is 1. The highest BCUT2D eigenvalue weighted by Gasteiger charge is 2.34. The number of rotatable bonds is 6. The van der Waals surface area contributed by atoms with Gasteiger partial charge < -0.3 is 5.73 Å². The summed E-state index contributed by atoms with van der Waals surface area (Å²) in [6, 6.07) is 2.33. The van der Waals surface area contributed by atoms with Gasteiger partial charge in [0.15, 0.2) is 5.78 Å². The summed E-state index contributed by atoms with van der Waals surface area (Å²) in [5.41, 5.74) is 4.21. The van der Waals surface area contributed by atoms with Gasteiger partial charge in [-0.25, -0.2) is 4.39 Å². The standard InChI is InChI=1S/C15H19F4NO/c1-9(4-3-5-10(2)20)14(21)11-6-7-12(13(16)8-11)15(17,18)19/h6-10H,3-5,20H2,1-2H3. The Kier molecular flexibility index (Phi) is 5.89. The lowest BCUT2D eigenvalue weighted by Gasteiger charge is -2.13. The second-order valence-corrected chi connectivity index (χ2v) is 5.37. The van der Waals surface area contributed by atoms with Gasteiger partial charge in [0.1, 0.15) is 5.82 Å². The summed E-state index contributed by atoms with van der Waals surface area (Å²) in [6.07, 6.45) is -2.68. The zero-order chi connectivity index (χ0) is 16.2. The van der Waals surface area contributed by atoms with Crippen molar-refractivity contribution in [3.05, 3.63) is 35.1 Å². The van der Waals surface area contributed by atoms with Crippen LogP contribution in [0, 0.1) is 11.7 Å². The van der Waals surface area contributed by atoms with Gasteiger partial charge in [0.25, 0.3) is 0 Å². The molecule has 0 aromatic heterocycles. The van der Waals surface area contributed by atoms with Crippen molar-refractivity contribution in [3.8, 4) is 0 Å². The van der Waals surface area contributed by atoms with Gasteiger partial charge in [0.05, 0.1) is 5.56 Å². The predicted octanol–water partition coefficient (Wildman–Crippen LogP) is 4.18. The normalized spacial score (nSPS) is 14.8. The first-order chi connectivity index (χ1) is 9.62. The van der Waals surface area contributed by atoms with Crippen molar-refractivity contribution < 1.29 is 22.4 Å². The number of alkyl halides is 3. The molecule has 2 atom stereocenters. The fourth-order valence-electron chi connectivity index (χ4n) is 2.06. The van der Waals surface area contributed by atoms with Crippen molar-refractivity contribution in [2.75, 3.05) is 0 Å². The van der Waals surface area contributed by atoms with E-state index in [9.17, 15) is 22.4 Å². The lowest BCUT2D eigenvalue weighted by Crippen LogP contribution is -2.17. The molecule has 0 heterocycles. The summed E-state index contributed by atoms with van der Waals surface area (Å²) in [4.78, 5) is 12.1. The van der Waals surface area contributed by atoms with Gasteiger partial charge >= 0.3 is 6.18 Å². The molecule has 1 aromatic carbocycles. The molecule has 0 fully saturated rings. The van der Waals surface area contributed by atoms with Crippen molar-refractivity contribution in [3.63, 3.8) is 0 Å². The van der Waals surface area contributed by atoms with Crippen LogP contribution in [0.25, 0.3) is 0 Å². The Balaban J connectivity index is 2.77. The minimum absolute atomic E-state index is 0.0335. The van der Waals surface area contributed by atoms with E-state index in [0.717, 1.165) is 18.9 Å². The van der Waals surface area contributed by atoms with Gasteiger partial charge in [-0.15, -0.1) is 0 Å². The van der Waals surface area contributed by atoms with Crippen LogP contribution in [0.2, 0.25) is 0 Å². The number of carbonyl (C=O) groups excluding carboxylic acids is 1. The number of nitrogens with two attached hydrogens (primary N) is 1. The Labute approximate surface area is 121 Å². The first kappa shape index (κ1) is 17.6. The Morgan fingerprint density at radius 2 is 1.86 bits per heavy atom. The monoisotopic (exact) mass is 305 g/mol. The largest absolute Gasteiger partial charge is 0.419 e. The van der Waals surface area contributed by atoms with Crippen LogP contribution in [0.15, 0.2) is 18.2 Å². The number of hydrogen-bond acceptors (Lipinski definition) is 2. The van der Waals surface area contributed by atoms with E-state index in [1.165, 1.54) is 0 Å². The second-order valence-electron chi connectivity index (χ2n) is 5.37. The summed E-state index contributed by atoms with van der Waals surface area (Å²) in [5, 5.41) is 0. The molecule has 0 aliphatic carbocycles. The molecule has 0 aliphatic heterocycles. The SMILES string of the molecule is CC(N)CCCC(C)C(=O)c1ccc(C(F)(F)F)c(F)c1. The third kappa shape index (κ3) is 5.12. The van der Waals surface area contributed by atoms with Crippen molar-refractivity contribution in [2.24, 2.45) is 11.7 Å². The minimum Gasteiger partial charge on any atom is -0.328 e. The van der Waals surface area contributed by atoms with Crippen LogP contribution in [-0.2, 0) is 6.18 Å². The van der Waals surface area contributed by atoms with Crippen LogP contribution in [0.5, 0.6) is 0 Å². The molecule has 0 saturated heterocycles. The molecule has 2 unspecified atom stereocenters. The first-order valence-electron chi connectivity index (χ1n) is 6.79. The Bertz CT molecular complexity index is 497. The third-order valence-electron chi connectivity index (χ3n) is 3.30. The summed E-state index contributed by atoms with van der Waals surface area (Å²) in [6.45, 7) is 3.54. The zero-order valence-electron chi connectivity index (χ0n) is 12.0. The molecule has 21 heavy (non-hydrogen) atoms. The molecule has 0 saturated carbocycles. The quantitative estimate of drug-likeness (QED) is 0.633. The summed E-state index contributed by atoms with van der Waals surface area (Å²) in [5.74, 6) is -2.15. The molecule has 118 valence electrons. The molecule has 0 spiro atoms. The molecule has 2 nitrogen and oxygen atoms in total. The summed E-state index contributed by atoms with van der Waals surface area (Å²) >= 11 is 0. The molecule has 1 aromatic rings. The highest BCUT2D eigenvalue weighted by atomic mass is 19.4. The van der Waals surface area contributed by atoms with Crippen LogP contribution in [-0.4, -0.2) is 11.8 Å². The maximum Gasteiger partial charge on any atom is 0.419 e. The Morgan fingerprint density at radius 1 is 1.24 bits per heavy atom. The first-order valence-corrected chi connectivity index (χ1v) is 6.79. The van der Waals surface area contributed by atoms with E-state index in [2.05, 4.69) is 0 Å². The van der Waals surface area contributed by atoms with E-state index in [-0.39, 0.29) is 23.3 Å². The predicted molar refractivity (Wildman–Crippen MR) is 72.4 cm³/mol. The van der Waals surface area contributed by atoms with E-state index in [4.69, 9.17) is 5.73 Å². The van der Waals surface area contributed by atoms with E-state index in [0.29, 0.717) is 18.6 Å². The van der Waals surface area contributed by atoms with Crippen molar-refractivity contribution in [1.29, 1.82) is 0 Å². The number of carbonyl (C=O) groups is 1. The number of hydrogen-bond donors (Lipinski definition) is 1. The number of Topliss-reactive ketones (excluding diaryl/α,β-unsaturated/α-hetero) is 1. The van der Waals surface area contributed by atoms with Gasteiger partial charge in [-0.1, -0.05) is 19.4 Å². The summed E-state index contributed by atoms with van der Waals surface area (Å²) < 4.78 is 50.8. The van der Waals surface area contributed by atoms with Gasteiger partial charge in [-0.05, 0) is 31.9 Å². The Morgan fingerprint density at radius 3 is 2.33 bits per heavy atom. The van der Waals surface area contributed by atoms with E-state index in [1.807, 2.05) is 6.92 Å². The van der Waals surface area contributed by atoms with E-state index >= 15 is 0 Å². The fourth-order valence-corrected chi connectivity index (χ4v) is 2.06. The average Bonchev–Trinajstić information content (AvgIpc) is 2.35. The maximum absolute atomic E-state index is 13.4. The van der Waals surface area contributed by atoms with Crippen LogP contribution in [0.4, 0.5) is 17.6 Å². The van der Waals surface area contributed by atoms with E-state index < -0.39 is 17.6 Å². The van der Waals surface area contributed by atoms with Crippen molar-refractivity contribution in [1.82, 2.24) is 0 Å². The minimum atomic E-state index is -4.76. The van der Waals surface area contributed by atoms with Crippen molar-refractivity contribution in [2.45, 2.75) is 45.3 Å². The topological polar surface area (TPSA) is 43.1 Å². The van der Waals surface area contributed by atoms with Gasteiger partial charge in [0, 0.05) is 17.5 Å². The van der Waals surface area contributed by atoms with E-state index in [1.54, 1.807) is 6.92 Å². The van der Waals surface area contributed by atoms with Crippen LogP contribution < -0.4 is 5.73 Å². The van der Waals surface area contributed by atoms with Crippen LogP contribution >= 0.6 is 0 Å². The van der Waals surface area contributed by atoms with Crippen LogP contribution in [0.3, 0.4) is 0 Å². The van der Waals surface area contributed by atoms with Crippen molar-refractivity contribution >= 4 is 5.78 Å². The summed E-state index contributed by atoms with van der Waals surface area (Å²) in [7, 11) is 0. The zero-order valence-corrected chi connectivity index (χ0v) is 12.0. The molecule has 0 radical (unpaired) electrons. The van der Waals surface area contributed by atoms with Gasteiger partial charge in [-0.2, -0.15) is 13.2 Å². The smallest absolute Gasteiger partial charge is 0.328 e. The molecule has 1 rings (SSSR count). The average molecular weight is 305 g/mol. The highest BCUT2D eigenvalue weighted by molar-refractivity contribution is 5.97. The fraction of sp³-hybridized carbons (Fsp3) is 0.533. The number of ketones is 1. The lowest BCUT2D eigenvalue weighted by molar-refractivity contribution is -0.140. The molecule has 2 N–H and O–H groups in total. The molecule has 6 heteroatoms. The maximum atomic E-state index is 13.4. The molecule has 0 bridgehead atoms.